The molecule has 196 valence electrons. The van der Waals surface area contributed by atoms with Crippen molar-refractivity contribution in [1.29, 1.82) is 5.26 Å². The van der Waals surface area contributed by atoms with E-state index in [1.165, 1.54) is 17.4 Å². The Balaban J connectivity index is 1.30. The number of piperidine rings is 1. The number of aromatic nitrogens is 1. The van der Waals surface area contributed by atoms with Gasteiger partial charge in [0.25, 0.3) is 0 Å². The molecule has 2 aromatic rings. The Morgan fingerprint density at radius 3 is 2.73 bits per heavy atom. The molecule has 2 saturated carbocycles. The first-order valence-corrected chi connectivity index (χ1v) is 13.8. The monoisotopic (exact) mass is 524 g/mol. The van der Waals surface area contributed by atoms with Gasteiger partial charge in [0.05, 0.1) is 16.0 Å². The molecule has 1 aromatic heterocycles. The number of thiazole rings is 1. The molecular weight excluding hydrogens is 491 g/mol. The first-order valence-electron chi connectivity index (χ1n) is 13.0. The summed E-state index contributed by atoms with van der Waals surface area (Å²) in [7, 11) is 0. The molecule has 2 bridgehead atoms. The lowest BCUT2D eigenvalue weighted by atomic mass is 9.94. The summed E-state index contributed by atoms with van der Waals surface area (Å²) in [5.74, 6) is 0.565. The Morgan fingerprint density at radius 2 is 2.11 bits per heavy atom. The zero-order valence-corrected chi connectivity index (χ0v) is 22.6. The van der Waals surface area contributed by atoms with E-state index in [0.717, 1.165) is 28.3 Å². The topological polar surface area (TPSA) is 95.3 Å². The number of amides is 2. The van der Waals surface area contributed by atoms with E-state index >= 15 is 0 Å². The number of benzene rings is 1. The molecule has 1 N–H and O–H groups in total. The third-order valence-electron chi connectivity index (χ3n) is 8.00. The Morgan fingerprint density at radius 1 is 1.35 bits per heavy atom. The number of likely N-dealkylation sites (tertiary alicyclic amines) is 1. The van der Waals surface area contributed by atoms with Gasteiger partial charge in [0.1, 0.15) is 23.5 Å². The fourth-order valence-corrected chi connectivity index (χ4v) is 7.27. The van der Waals surface area contributed by atoms with E-state index in [-0.39, 0.29) is 24.3 Å². The van der Waals surface area contributed by atoms with Crippen LogP contribution in [0.1, 0.15) is 51.6 Å². The number of nitrogens with one attached hydrogen (secondary N) is 1. The summed E-state index contributed by atoms with van der Waals surface area (Å²) < 4.78 is 20.6. The highest BCUT2D eigenvalue weighted by molar-refractivity contribution is 7.15. The third-order valence-corrected chi connectivity index (χ3v) is 9.19. The van der Waals surface area contributed by atoms with E-state index in [0.29, 0.717) is 23.3 Å². The van der Waals surface area contributed by atoms with Crippen molar-refractivity contribution in [2.24, 2.45) is 23.7 Å². The second-order valence-electron chi connectivity index (χ2n) is 11.5. The fraction of sp³-hybridized carbons (Fsp3) is 0.571. The summed E-state index contributed by atoms with van der Waals surface area (Å²) in [5.41, 5.74) is 0.410. The molecule has 7 nitrogen and oxygen atoms in total. The van der Waals surface area contributed by atoms with E-state index in [4.69, 9.17) is 4.74 Å². The van der Waals surface area contributed by atoms with Crippen molar-refractivity contribution in [2.45, 2.75) is 77.6 Å². The number of nitrogens with zero attached hydrogens (tertiary/aromatic N) is 3. The lowest BCUT2D eigenvalue weighted by molar-refractivity contribution is -0.128. The molecule has 1 aromatic carbocycles. The molecule has 2 heterocycles. The molecule has 0 radical (unpaired) electrons. The van der Waals surface area contributed by atoms with Gasteiger partial charge in [-0.1, -0.05) is 26.0 Å². The van der Waals surface area contributed by atoms with Crippen LogP contribution in [0.5, 0.6) is 0 Å². The predicted molar refractivity (Wildman–Crippen MR) is 138 cm³/mol. The summed E-state index contributed by atoms with van der Waals surface area (Å²) in [6.45, 7) is 9.61. The van der Waals surface area contributed by atoms with Crippen LogP contribution in [0.4, 0.5) is 9.18 Å². The van der Waals surface area contributed by atoms with E-state index < -0.39 is 29.6 Å². The number of fused-ring (bicyclic) bond motifs is 5. The number of hydrogen-bond donors (Lipinski definition) is 1. The van der Waals surface area contributed by atoms with Crippen LogP contribution in [-0.4, -0.2) is 45.6 Å². The molecular formula is C28H33FN4O3S. The van der Waals surface area contributed by atoms with Gasteiger partial charge in [-0.3, -0.25) is 9.69 Å². The van der Waals surface area contributed by atoms with Gasteiger partial charge >= 0.3 is 6.09 Å². The second-order valence-corrected chi connectivity index (χ2v) is 12.6. The van der Waals surface area contributed by atoms with Crippen LogP contribution in [0.3, 0.4) is 0 Å². The molecule has 2 amide bonds. The SMILES string of the molecule is CCc1ncc(-c2ccc(C[C@@H](C#N)NC(=O)[C@@H]3[C@@H]4C[C@@H]([C@H]5[C@@H](C)[C@@H]45)N3C(=O)OC(C)(C)C)c(F)c2)s1. The highest BCUT2D eigenvalue weighted by Crippen LogP contribution is 2.67. The maximum atomic E-state index is 15.0. The number of ether oxygens (including phenoxy) is 1. The normalized spacial score (nSPS) is 28.4. The van der Waals surface area contributed by atoms with Gasteiger partial charge in [0.2, 0.25) is 5.91 Å². The molecule has 3 aliphatic rings. The van der Waals surface area contributed by atoms with Gasteiger partial charge in [-0.05, 0) is 74.5 Å². The Labute approximate surface area is 221 Å². The molecule has 5 rings (SSSR count). The summed E-state index contributed by atoms with van der Waals surface area (Å²) in [5, 5.41) is 13.6. The van der Waals surface area contributed by atoms with Gasteiger partial charge in [-0.2, -0.15) is 5.26 Å². The molecule has 9 heteroatoms. The van der Waals surface area contributed by atoms with Gasteiger partial charge in [-0.25, -0.2) is 14.2 Å². The Bertz CT molecular complexity index is 1260. The quantitative estimate of drug-likeness (QED) is 0.577. The number of aryl methyl sites for hydroxylation is 1. The number of nitriles is 1. The van der Waals surface area contributed by atoms with Crippen molar-refractivity contribution in [2.75, 3.05) is 0 Å². The summed E-state index contributed by atoms with van der Waals surface area (Å²) in [4.78, 5) is 33.4. The van der Waals surface area contributed by atoms with Crippen LogP contribution >= 0.6 is 11.3 Å². The van der Waals surface area contributed by atoms with Crippen molar-refractivity contribution >= 4 is 23.3 Å². The van der Waals surface area contributed by atoms with Gasteiger partial charge in [0.15, 0.2) is 0 Å². The largest absolute Gasteiger partial charge is 0.444 e. The minimum Gasteiger partial charge on any atom is -0.444 e. The molecule has 0 unspecified atom stereocenters. The second kappa shape index (κ2) is 9.39. The average molecular weight is 525 g/mol. The Hall–Kier alpha value is -2.99. The summed E-state index contributed by atoms with van der Waals surface area (Å²) in [6.07, 6.45) is 2.90. The van der Waals surface area contributed by atoms with Gasteiger partial charge < -0.3 is 10.1 Å². The fourth-order valence-electron chi connectivity index (χ4n) is 6.42. The maximum Gasteiger partial charge on any atom is 0.411 e. The average Bonchev–Trinajstić information content (AvgIpc) is 3.24. The van der Waals surface area contributed by atoms with E-state index in [9.17, 15) is 19.2 Å². The minimum absolute atomic E-state index is 0.0129. The maximum absolute atomic E-state index is 15.0. The van der Waals surface area contributed by atoms with Crippen molar-refractivity contribution < 1.29 is 18.7 Å². The highest BCUT2D eigenvalue weighted by Gasteiger charge is 2.71. The molecule has 2 aliphatic carbocycles. The number of rotatable bonds is 6. The minimum atomic E-state index is -0.921. The van der Waals surface area contributed by atoms with Crippen molar-refractivity contribution in [3.63, 3.8) is 0 Å². The van der Waals surface area contributed by atoms with Crippen LogP contribution in [-0.2, 0) is 22.4 Å². The molecule has 1 saturated heterocycles. The molecule has 3 fully saturated rings. The van der Waals surface area contributed by atoms with Crippen LogP contribution in [0.25, 0.3) is 10.4 Å². The molecule has 7 atom stereocenters. The molecule has 0 spiro atoms. The van der Waals surface area contributed by atoms with E-state index in [1.807, 2.05) is 13.0 Å². The van der Waals surface area contributed by atoms with E-state index in [2.05, 4.69) is 23.3 Å². The van der Waals surface area contributed by atoms with Crippen LogP contribution < -0.4 is 5.32 Å². The first-order chi connectivity index (χ1) is 17.5. The van der Waals surface area contributed by atoms with Crippen LogP contribution in [0, 0.1) is 40.8 Å². The zero-order valence-electron chi connectivity index (χ0n) is 21.8. The van der Waals surface area contributed by atoms with E-state index in [1.54, 1.807) is 37.9 Å². The van der Waals surface area contributed by atoms with Crippen molar-refractivity contribution in [3.05, 3.63) is 40.8 Å². The standard InChI is InChI=1S/C28H33FN4O3S/c1-6-22-31-13-21(37-22)16-8-7-15(19(29)10-16)9-17(12-30)32-26(34)25-18-11-20(24-14(2)23(18)24)33(25)27(35)36-28(3,4)5/h7-8,10,13-14,17-18,20,23-25H,6,9,11H2,1-5H3,(H,32,34)/t14-,17-,18+,20-,23-,24+,25-/m0/s1. The lowest BCUT2D eigenvalue weighted by Crippen LogP contribution is -2.56. The summed E-state index contributed by atoms with van der Waals surface area (Å²) >= 11 is 1.53. The van der Waals surface area contributed by atoms with Crippen LogP contribution in [0.15, 0.2) is 24.4 Å². The van der Waals surface area contributed by atoms with Crippen molar-refractivity contribution in [1.82, 2.24) is 15.2 Å². The number of halogens is 1. The zero-order chi connectivity index (χ0) is 26.6. The number of carbonyl (C=O) groups is 2. The predicted octanol–water partition coefficient (Wildman–Crippen LogP) is 4.95. The first kappa shape index (κ1) is 25.7. The Kier molecular flexibility index (Phi) is 6.51. The molecule has 37 heavy (non-hydrogen) atoms. The smallest absolute Gasteiger partial charge is 0.411 e. The number of carbonyl (C=O) groups excluding carboxylic acids is 2. The molecule has 1 aliphatic heterocycles. The number of hydrogen-bond acceptors (Lipinski definition) is 6. The van der Waals surface area contributed by atoms with Gasteiger partial charge in [-0.15, -0.1) is 11.3 Å². The van der Waals surface area contributed by atoms with Crippen LogP contribution in [0.2, 0.25) is 0 Å². The lowest BCUT2D eigenvalue weighted by Gasteiger charge is -2.35. The summed E-state index contributed by atoms with van der Waals surface area (Å²) in [6, 6.07) is 5.43. The highest BCUT2D eigenvalue weighted by atomic mass is 32.1. The van der Waals surface area contributed by atoms with Crippen molar-refractivity contribution in [3.8, 4) is 16.5 Å². The van der Waals surface area contributed by atoms with Gasteiger partial charge in [0, 0.05) is 18.7 Å². The third kappa shape index (κ3) is 4.72.